The van der Waals surface area contributed by atoms with Gasteiger partial charge in [0.1, 0.15) is 0 Å². The third-order valence-corrected chi connectivity index (χ3v) is 6.61. The number of nitrogens with zero attached hydrogens (tertiary/aromatic N) is 1. The number of aryl methyl sites for hydroxylation is 1. The second-order valence-electron chi connectivity index (χ2n) is 6.81. The molecule has 1 aromatic rings. The molecule has 2 nitrogen and oxygen atoms in total. The summed E-state index contributed by atoms with van der Waals surface area (Å²) in [5, 5.41) is 0. The Morgan fingerprint density at radius 1 is 1.30 bits per heavy atom. The first kappa shape index (κ1) is 14.3. The van der Waals surface area contributed by atoms with Crippen molar-refractivity contribution in [3.63, 3.8) is 0 Å². The molecule has 2 aliphatic heterocycles. The van der Waals surface area contributed by atoms with Crippen LogP contribution in [0.4, 0.5) is 5.69 Å². The Kier molecular flexibility index (Phi) is 3.76. The van der Waals surface area contributed by atoms with E-state index in [0.29, 0.717) is 0 Å². The predicted molar refractivity (Wildman–Crippen MR) is 89.6 cm³/mol. The lowest BCUT2D eigenvalue weighted by Crippen LogP contribution is -2.67. The highest BCUT2D eigenvalue weighted by Crippen LogP contribution is 2.48. The number of fused-ring (bicyclic) bond motifs is 1. The molecule has 0 amide bonds. The Balaban J connectivity index is 2.06. The van der Waals surface area contributed by atoms with Crippen molar-refractivity contribution < 1.29 is 0 Å². The molecule has 0 aromatic heterocycles. The molecule has 20 heavy (non-hydrogen) atoms. The molecule has 0 radical (unpaired) electrons. The summed E-state index contributed by atoms with van der Waals surface area (Å²) in [6.45, 7) is 6.73. The normalized spacial score (nSPS) is 29.1. The first-order valence-corrected chi connectivity index (χ1v) is 8.90. The van der Waals surface area contributed by atoms with Crippen molar-refractivity contribution in [2.24, 2.45) is 11.1 Å². The maximum atomic E-state index is 6.35. The van der Waals surface area contributed by atoms with Crippen LogP contribution in [0.1, 0.15) is 32.3 Å². The van der Waals surface area contributed by atoms with Gasteiger partial charge < -0.3 is 10.6 Å². The topological polar surface area (TPSA) is 29.3 Å². The molecule has 1 aromatic carbocycles. The molecule has 1 unspecified atom stereocenters. The second-order valence-corrected chi connectivity index (χ2v) is 7.91. The highest BCUT2D eigenvalue weighted by atomic mass is 32.2. The molecule has 110 valence electrons. The summed E-state index contributed by atoms with van der Waals surface area (Å²) in [7, 11) is 0. The van der Waals surface area contributed by atoms with Crippen LogP contribution >= 0.6 is 11.8 Å². The van der Waals surface area contributed by atoms with Crippen LogP contribution in [0.3, 0.4) is 0 Å². The molecule has 0 saturated carbocycles. The van der Waals surface area contributed by atoms with E-state index in [1.807, 2.05) is 0 Å². The Labute approximate surface area is 127 Å². The van der Waals surface area contributed by atoms with Gasteiger partial charge in [0, 0.05) is 24.5 Å². The van der Waals surface area contributed by atoms with E-state index < -0.39 is 0 Å². The number of benzene rings is 1. The lowest BCUT2D eigenvalue weighted by molar-refractivity contribution is 0.166. The number of hydrogen-bond donors (Lipinski definition) is 1. The van der Waals surface area contributed by atoms with Gasteiger partial charge in [0.2, 0.25) is 0 Å². The number of para-hydroxylation sites is 1. The van der Waals surface area contributed by atoms with E-state index >= 15 is 0 Å². The Hall–Kier alpha value is -0.670. The van der Waals surface area contributed by atoms with E-state index in [4.69, 9.17) is 5.73 Å². The minimum Gasteiger partial charge on any atom is -0.363 e. The molecular weight excluding hydrogens is 264 g/mol. The van der Waals surface area contributed by atoms with Crippen molar-refractivity contribution in [1.82, 2.24) is 0 Å². The average Bonchev–Trinajstić information content (AvgIpc) is 2.47. The van der Waals surface area contributed by atoms with E-state index in [9.17, 15) is 0 Å². The number of anilines is 1. The second kappa shape index (κ2) is 5.27. The van der Waals surface area contributed by atoms with Crippen LogP contribution < -0.4 is 10.6 Å². The first-order valence-electron chi connectivity index (χ1n) is 7.74. The van der Waals surface area contributed by atoms with Crippen molar-refractivity contribution in [2.75, 3.05) is 29.5 Å². The highest BCUT2D eigenvalue weighted by Gasteiger charge is 2.50. The van der Waals surface area contributed by atoms with Crippen LogP contribution in [0.25, 0.3) is 0 Å². The largest absolute Gasteiger partial charge is 0.363 e. The number of thioether (sulfide) groups is 1. The minimum absolute atomic E-state index is 0.104. The fourth-order valence-electron chi connectivity index (χ4n) is 3.86. The SMILES string of the molecule is CC1(C)CCSCC1(CN)N1CCCc2ccccc21. The van der Waals surface area contributed by atoms with Crippen LogP contribution in [-0.2, 0) is 6.42 Å². The molecule has 2 aliphatic rings. The van der Waals surface area contributed by atoms with Gasteiger partial charge in [-0.1, -0.05) is 32.0 Å². The summed E-state index contributed by atoms with van der Waals surface area (Å²) in [5.41, 5.74) is 9.65. The van der Waals surface area contributed by atoms with Gasteiger partial charge in [-0.25, -0.2) is 0 Å². The minimum atomic E-state index is 0.104. The summed E-state index contributed by atoms with van der Waals surface area (Å²) in [6.07, 6.45) is 3.72. The monoisotopic (exact) mass is 290 g/mol. The molecule has 0 spiro atoms. The fraction of sp³-hybridized carbons (Fsp3) is 0.647. The van der Waals surface area contributed by atoms with Crippen molar-refractivity contribution in [1.29, 1.82) is 0 Å². The molecule has 0 aliphatic carbocycles. The average molecular weight is 290 g/mol. The van der Waals surface area contributed by atoms with Crippen LogP contribution in [0, 0.1) is 5.41 Å². The smallest absolute Gasteiger partial charge is 0.0665 e. The van der Waals surface area contributed by atoms with Gasteiger partial charge in [-0.05, 0) is 42.1 Å². The summed E-state index contributed by atoms with van der Waals surface area (Å²) >= 11 is 2.08. The zero-order valence-corrected chi connectivity index (χ0v) is 13.5. The predicted octanol–water partition coefficient (Wildman–Crippen LogP) is 3.30. The molecule has 0 bridgehead atoms. The van der Waals surface area contributed by atoms with Gasteiger partial charge in [-0.3, -0.25) is 0 Å². The van der Waals surface area contributed by atoms with Gasteiger partial charge in [0.15, 0.2) is 0 Å². The Morgan fingerprint density at radius 2 is 2.10 bits per heavy atom. The molecule has 2 heterocycles. The zero-order valence-electron chi connectivity index (χ0n) is 12.7. The molecule has 1 saturated heterocycles. The van der Waals surface area contributed by atoms with E-state index in [1.165, 1.54) is 36.3 Å². The van der Waals surface area contributed by atoms with Crippen LogP contribution in [0.15, 0.2) is 24.3 Å². The fourth-order valence-corrected chi connectivity index (χ4v) is 5.66. The van der Waals surface area contributed by atoms with Crippen LogP contribution in [0.2, 0.25) is 0 Å². The summed E-state index contributed by atoms with van der Waals surface area (Å²) in [6, 6.07) is 8.92. The molecular formula is C17H26N2S. The summed E-state index contributed by atoms with van der Waals surface area (Å²) < 4.78 is 0. The summed E-state index contributed by atoms with van der Waals surface area (Å²) in [5.74, 6) is 2.43. The van der Waals surface area contributed by atoms with Gasteiger partial charge in [0.25, 0.3) is 0 Å². The highest BCUT2D eigenvalue weighted by molar-refractivity contribution is 7.99. The van der Waals surface area contributed by atoms with Gasteiger partial charge in [0.05, 0.1) is 5.54 Å². The first-order chi connectivity index (χ1) is 9.61. The standard InChI is InChI=1S/C17H26N2S/c1-16(2)9-11-20-13-17(16,12-18)19-10-5-7-14-6-3-4-8-15(14)19/h3-4,6,8H,5,7,9-13,18H2,1-2H3. The third kappa shape index (κ3) is 2.06. The number of hydrogen-bond acceptors (Lipinski definition) is 3. The van der Waals surface area contributed by atoms with Gasteiger partial charge in [-0.2, -0.15) is 11.8 Å². The van der Waals surface area contributed by atoms with Gasteiger partial charge >= 0.3 is 0 Å². The lowest BCUT2D eigenvalue weighted by Gasteiger charge is -2.57. The molecule has 1 atom stereocenters. The lowest BCUT2D eigenvalue weighted by atomic mass is 9.69. The van der Waals surface area contributed by atoms with Gasteiger partial charge in [-0.15, -0.1) is 0 Å². The molecule has 3 heteroatoms. The molecule has 1 fully saturated rings. The van der Waals surface area contributed by atoms with Crippen LogP contribution in [0.5, 0.6) is 0 Å². The number of nitrogens with two attached hydrogens (primary N) is 1. The molecule has 2 N–H and O–H groups in total. The van der Waals surface area contributed by atoms with E-state index in [0.717, 1.165) is 18.8 Å². The maximum Gasteiger partial charge on any atom is 0.0665 e. The van der Waals surface area contributed by atoms with Crippen molar-refractivity contribution in [3.8, 4) is 0 Å². The van der Waals surface area contributed by atoms with E-state index in [2.05, 4.69) is 54.8 Å². The number of rotatable bonds is 2. The van der Waals surface area contributed by atoms with Crippen molar-refractivity contribution in [3.05, 3.63) is 29.8 Å². The Morgan fingerprint density at radius 3 is 2.85 bits per heavy atom. The van der Waals surface area contributed by atoms with E-state index in [-0.39, 0.29) is 11.0 Å². The van der Waals surface area contributed by atoms with Crippen molar-refractivity contribution >= 4 is 17.4 Å². The Bertz CT molecular complexity index is 486. The van der Waals surface area contributed by atoms with Crippen LogP contribution in [-0.4, -0.2) is 30.1 Å². The summed E-state index contributed by atoms with van der Waals surface area (Å²) in [4.78, 5) is 2.65. The quantitative estimate of drug-likeness (QED) is 0.906. The third-order valence-electron chi connectivity index (χ3n) is 5.44. The van der Waals surface area contributed by atoms with Crippen molar-refractivity contribution in [2.45, 2.75) is 38.6 Å². The maximum absolute atomic E-state index is 6.35. The van der Waals surface area contributed by atoms with E-state index in [1.54, 1.807) is 0 Å². The molecule has 3 rings (SSSR count). The zero-order chi connectivity index (χ0) is 14.2.